The maximum Gasteiger partial charge on any atom is 0.0594 e. The molecule has 0 saturated heterocycles. The lowest BCUT2D eigenvalue weighted by atomic mass is 9.32. The minimum absolute atomic E-state index is 0.0290. The number of fused-ring (bicyclic) bond motifs is 7. The van der Waals surface area contributed by atoms with Gasteiger partial charge in [0.15, 0.2) is 0 Å². The molecule has 6 unspecified atom stereocenters. The van der Waals surface area contributed by atoms with Crippen LogP contribution < -0.4 is 0 Å². The second-order valence-electron chi connectivity index (χ2n) is 14.6. The Morgan fingerprint density at radius 2 is 1.53 bits per heavy atom. The maximum atomic E-state index is 10.9. The first-order valence-electron chi connectivity index (χ1n) is 13.8. The average molecular weight is 443 g/mol. The number of aliphatic hydroxyl groups excluding tert-OH is 2. The van der Waals surface area contributed by atoms with Gasteiger partial charge in [0.05, 0.1) is 6.10 Å². The minimum atomic E-state index is -0.147. The Morgan fingerprint density at radius 3 is 2.19 bits per heavy atom. The Morgan fingerprint density at radius 1 is 0.812 bits per heavy atom. The summed E-state index contributed by atoms with van der Waals surface area (Å²) in [7, 11) is 0. The number of hydrogen-bond acceptors (Lipinski definition) is 2. The second-order valence-corrected chi connectivity index (χ2v) is 14.6. The van der Waals surface area contributed by atoms with E-state index in [2.05, 4.69) is 48.1 Å². The molecule has 5 fully saturated rings. The molecule has 182 valence electrons. The van der Waals surface area contributed by atoms with E-state index in [1.54, 1.807) is 0 Å². The summed E-state index contributed by atoms with van der Waals surface area (Å²) in [4.78, 5) is 0. The van der Waals surface area contributed by atoms with Crippen LogP contribution in [0.25, 0.3) is 0 Å². The van der Waals surface area contributed by atoms with Gasteiger partial charge in [0, 0.05) is 6.61 Å². The van der Waals surface area contributed by atoms with Gasteiger partial charge in [-0.05, 0) is 128 Å². The summed E-state index contributed by atoms with van der Waals surface area (Å²) in [5.41, 5.74) is 2.60. The molecule has 0 amide bonds. The molecule has 0 heterocycles. The molecule has 2 N–H and O–H groups in total. The van der Waals surface area contributed by atoms with E-state index in [4.69, 9.17) is 0 Å². The molecule has 10 atom stereocenters. The Hall–Kier alpha value is -0.340. The normalized spacial score (nSPS) is 56.5. The monoisotopic (exact) mass is 442 g/mol. The molecule has 5 rings (SSSR count). The highest BCUT2D eigenvalue weighted by Gasteiger charge is 2.70. The van der Waals surface area contributed by atoms with Crippen LogP contribution in [0.5, 0.6) is 0 Å². The van der Waals surface area contributed by atoms with Crippen molar-refractivity contribution in [2.45, 2.75) is 112 Å². The van der Waals surface area contributed by atoms with Gasteiger partial charge in [-0.3, -0.25) is 0 Å². The molecule has 2 heteroatoms. The first-order chi connectivity index (χ1) is 14.9. The predicted octanol–water partition coefficient (Wildman–Crippen LogP) is 7.00. The number of hydrogen-bond donors (Lipinski definition) is 2. The van der Waals surface area contributed by atoms with E-state index in [0.29, 0.717) is 40.6 Å². The van der Waals surface area contributed by atoms with Crippen LogP contribution in [0.15, 0.2) is 12.2 Å². The van der Waals surface area contributed by atoms with Crippen molar-refractivity contribution in [3.63, 3.8) is 0 Å². The molecule has 0 spiro atoms. The lowest BCUT2D eigenvalue weighted by molar-refractivity contribution is -0.249. The molecule has 0 aliphatic heterocycles. The summed E-state index contributed by atoms with van der Waals surface area (Å²) in [6.07, 6.45) is 12.2. The molecular formula is C30H50O2. The highest BCUT2D eigenvalue weighted by molar-refractivity contribution is 5.21. The Balaban J connectivity index is 1.55. The summed E-state index contributed by atoms with van der Waals surface area (Å²) in [5, 5.41) is 21.5. The van der Waals surface area contributed by atoms with E-state index in [9.17, 15) is 10.2 Å². The van der Waals surface area contributed by atoms with E-state index in [1.807, 2.05) is 0 Å². The summed E-state index contributed by atoms with van der Waals surface area (Å²) in [6, 6.07) is 0. The summed E-state index contributed by atoms with van der Waals surface area (Å²) >= 11 is 0. The fourth-order valence-corrected chi connectivity index (χ4v) is 11.5. The van der Waals surface area contributed by atoms with Crippen molar-refractivity contribution in [1.29, 1.82) is 0 Å². The van der Waals surface area contributed by atoms with Gasteiger partial charge in [-0.2, -0.15) is 0 Å². The van der Waals surface area contributed by atoms with Gasteiger partial charge < -0.3 is 10.2 Å². The summed E-state index contributed by atoms with van der Waals surface area (Å²) < 4.78 is 0. The van der Waals surface area contributed by atoms with Crippen LogP contribution in [0.4, 0.5) is 0 Å². The standard InChI is InChI=1S/C30H50O2/c1-19(2)20-10-15-30(18-31)17-16-28(6)21(25(20)30)8-9-23-27(5)13-12-24(32)26(3,4)22(27)11-14-29(23,28)7/h20-25,31-32H,1,8-18H2,2-7H3/t20?,21?,22?,23?,24?,25?,27-,28+,29+,30+/m0/s1. The van der Waals surface area contributed by atoms with Crippen LogP contribution >= 0.6 is 0 Å². The third kappa shape index (κ3) is 2.66. The number of allylic oxidation sites excluding steroid dienone is 1. The molecular weight excluding hydrogens is 392 g/mol. The minimum Gasteiger partial charge on any atom is -0.396 e. The largest absolute Gasteiger partial charge is 0.396 e. The molecule has 0 aromatic rings. The van der Waals surface area contributed by atoms with Gasteiger partial charge >= 0.3 is 0 Å². The molecule has 5 aliphatic rings. The number of aliphatic hydroxyl groups is 2. The van der Waals surface area contributed by atoms with Crippen molar-refractivity contribution < 1.29 is 10.2 Å². The molecule has 0 radical (unpaired) electrons. The van der Waals surface area contributed by atoms with Crippen LogP contribution in [-0.2, 0) is 0 Å². The van der Waals surface area contributed by atoms with Crippen LogP contribution in [0.3, 0.4) is 0 Å². The first kappa shape index (κ1) is 23.4. The highest BCUT2D eigenvalue weighted by atomic mass is 16.3. The van der Waals surface area contributed by atoms with E-state index in [1.165, 1.54) is 63.4 Å². The second kappa shape index (κ2) is 7.09. The van der Waals surface area contributed by atoms with Crippen LogP contribution in [0, 0.1) is 56.7 Å². The van der Waals surface area contributed by atoms with Gasteiger partial charge in [-0.1, -0.05) is 46.8 Å². The van der Waals surface area contributed by atoms with Crippen LogP contribution in [-0.4, -0.2) is 22.9 Å². The van der Waals surface area contributed by atoms with Crippen LogP contribution in [0.2, 0.25) is 0 Å². The molecule has 2 nitrogen and oxygen atoms in total. The van der Waals surface area contributed by atoms with Crippen molar-refractivity contribution in [1.82, 2.24) is 0 Å². The zero-order chi connectivity index (χ0) is 23.3. The van der Waals surface area contributed by atoms with Gasteiger partial charge in [-0.15, -0.1) is 0 Å². The smallest absolute Gasteiger partial charge is 0.0594 e. The quantitative estimate of drug-likeness (QED) is 0.452. The fourth-order valence-electron chi connectivity index (χ4n) is 11.5. The molecule has 32 heavy (non-hydrogen) atoms. The van der Waals surface area contributed by atoms with E-state index < -0.39 is 0 Å². The Labute approximate surface area is 197 Å². The zero-order valence-corrected chi connectivity index (χ0v) is 21.8. The first-order valence-corrected chi connectivity index (χ1v) is 13.8. The lowest BCUT2D eigenvalue weighted by Gasteiger charge is -2.73. The average Bonchev–Trinajstić information content (AvgIpc) is 3.12. The van der Waals surface area contributed by atoms with Crippen molar-refractivity contribution >= 4 is 0 Å². The molecule has 5 saturated carbocycles. The third-order valence-corrected chi connectivity index (χ3v) is 13.5. The van der Waals surface area contributed by atoms with Crippen molar-refractivity contribution in [3.8, 4) is 0 Å². The van der Waals surface area contributed by atoms with E-state index in [0.717, 1.165) is 18.3 Å². The van der Waals surface area contributed by atoms with Crippen molar-refractivity contribution in [3.05, 3.63) is 12.2 Å². The molecule has 0 aromatic carbocycles. The van der Waals surface area contributed by atoms with Gasteiger partial charge in [0.2, 0.25) is 0 Å². The van der Waals surface area contributed by atoms with Crippen LogP contribution in [0.1, 0.15) is 106 Å². The van der Waals surface area contributed by atoms with Gasteiger partial charge in [-0.25, -0.2) is 0 Å². The fraction of sp³-hybridized carbons (Fsp3) is 0.933. The SMILES string of the molecule is C=C(C)C1CC[C@]2(CO)CC[C@]3(C)C(CCC4[C@@]5(C)CCC(O)C(C)(C)C5CC[C@]43C)C12. The Bertz CT molecular complexity index is 786. The van der Waals surface area contributed by atoms with Gasteiger partial charge in [0.25, 0.3) is 0 Å². The lowest BCUT2D eigenvalue weighted by Crippen LogP contribution is -2.66. The number of rotatable bonds is 2. The van der Waals surface area contributed by atoms with E-state index >= 15 is 0 Å². The third-order valence-electron chi connectivity index (χ3n) is 13.5. The summed E-state index contributed by atoms with van der Waals surface area (Å²) in [5.74, 6) is 3.33. The molecule has 0 bridgehead atoms. The predicted molar refractivity (Wildman–Crippen MR) is 132 cm³/mol. The Kier molecular flexibility index (Phi) is 5.19. The molecule has 0 aromatic heterocycles. The highest BCUT2D eigenvalue weighted by Crippen LogP contribution is 2.77. The maximum absolute atomic E-state index is 10.9. The van der Waals surface area contributed by atoms with Crippen molar-refractivity contribution in [2.75, 3.05) is 6.61 Å². The zero-order valence-electron chi connectivity index (χ0n) is 21.8. The topological polar surface area (TPSA) is 40.5 Å². The molecule has 5 aliphatic carbocycles. The van der Waals surface area contributed by atoms with E-state index in [-0.39, 0.29) is 16.9 Å². The van der Waals surface area contributed by atoms with Gasteiger partial charge in [0.1, 0.15) is 0 Å². The summed E-state index contributed by atoms with van der Waals surface area (Å²) in [6.45, 7) is 19.7. The van der Waals surface area contributed by atoms with Crippen molar-refractivity contribution in [2.24, 2.45) is 56.7 Å².